The van der Waals surface area contributed by atoms with Crippen molar-refractivity contribution in [3.8, 4) is 5.75 Å². The lowest BCUT2D eigenvalue weighted by atomic mass is 10.2. The molecule has 1 saturated heterocycles. The molecule has 1 N–H and O–H groups in total. The van der Waals surface area contributed by atoms with Gasteiger partial charge in [0.2, 0.25) is 15.9 Å². The van der Waals surface area contributed by atoms with Gasteiger partial charge in [0.15, 0.2) is 4.75 Å². The molecule has 2 fully saturated rings. The first-order valence-electron chi connectivity index (χ1n) is 9.41. The van der Waals surface area contributed by atoms with E-state index in [1.807, 2.05) is 32.9 Å². The average Bonchev–Trinajstić information content (AvgIpc) is 3.33. The molecule has 28 heavy (non-hydrogen) atoms. The number of ether oxygens (including phenoxy) is 1. The van der Waals surface area contributed by atoms with Crippen LogP contribution in [0.5, 0.6) is 5.75 Å². The van der Waals surface area contributed by atoms with Gasteiger partial charge in [-0.3, -0.25) is 9.10 Å². The molecule has 2 aliphatic rings. The van der Waals surface area contributed by atoms with Crippen molar-refractivity contribution in [2.45, 2.75) is 38.0 Å². The Morgan fingerprint density at radius 2 is 1.79 bits per heavy atom. The Bertz CT molecular complexity index is 1000. The van der Waals surface area contributed by atoms with E-state index in [1.165, 1.54) is 4.31 Å². The molecule has 2 atom stereocenters. The van der Waals surface area contributed by atoms with Crippen LogP contribution in [-0.2, 0) is 14.8 Å². The van der Waals surface area contributed by atoms with Crippen LogP contribution in [0.2, 0.25) is 0 Å². The molecule has 148 valence electrons. The standard InChI is InChI=1S/C21H24N2O4S/c1-14(2)27-19-10-6-17(7-11-19)22-20(24)21-12-16(21)13-23(28(21,25)26)18-8-4-15(3)5-9-18/h4-11,14,16H,12-13H2,1-3H3,(H,22,24)/t16-,21-/m1/s1. The van der Waals surface area contributed by atoms with Crippen molar-refractivity contribution in [3.05, 3.63) is 54.1 Å². The highest BCUT2D eigenvalue weighted by Gasteiger charge is 2.75. The van der Waals surface area contributed by atoms with Gasteiger partial charge in [-0.05, 0) is 63.6 Å². The summed E-state index contributed by atoms with van der Waals surface area (Å²) in [5.74, 6) is 0.0708. The predicted molar refractivity (Wildman–Crippen MR) is 109 cm³/mol. The van der Waals surface area contributed by atoms with E-state index in [1.54, 1.807) is 36.4 Å². The van der Waals surface area contributed by atoms with Crippen LogP contribution in [0.25, 0.3) is 0 Å². The second-order valence-corrected chi connectivity index (χ2v) is 9.93. The van der Waals surface area contributed by atoms with Gasteiger partial charge in [0.1, 0.15) is 5.75 Å². The Morgan fingerprint density at radius 1 is 1.14 bits per heavy atom. The van der Waals surface area contributed by atoms with Crippen LogP contribution < -0.4 is 14.4 Å². The molecule has 1 amide bonds. The zero-order valence-corrected chi connectivity index (χ0v) is 17.0. The third kappa shape index (κ3) is 2.94. The first kappa shape index (κ1) is 18.8. The van der Waals surface area contributed by atoms with Gasteiger partial charge in [-0.1, -0.05) is 17.7 Å². The number of fused-ring (bicyclic) bond motifs is 1. The maximum atomic E-state index is 13.2. The maximum absolute atomic E-state index is 13.2. The third-order valence-corrected chi connectivity index (χ3v) is 7.92. The molecule has 0 radical (unpaired) electrons. The molecule has 1 aliphatic carbocycles. The monoisotopic (exact) mass is 400 g/mol. The van der Waals surface area contributed by atoms with Crippen LogP contribution in [0, 0.1) is 12.8 Å². The fraction of sp³-hybridized carbons (Fsp3) is 0.381. The summed E-state index contributed by atoms with van der Waals surface area (Å²) in [6.07, 6.45) is 0.431. The highest BCUT2D eigenvalue weighted by molar-refractivity contribution is 7.95. The highest BCUT2D eigenvalue weighted by atomic mass is 32.2. The number of carbonyl (C=O) groups is 1. The molecule has 1 saturated carbocycles. The number of sulfonamides is 1. The minimum atomic E-state index is -3.77. The number of carbonyl (C=O) groups excluding carboxylic acids is 1. The van der Waals surface area contributed by atoms with Crippen molar-refractivity contribution in [1.82, 2.24) is 0 Å². The number of hydrogen-bond acceptors (Lipinski definition) is 4. The predicted octanol–water partition coefficient (Wildman–Crippen LogP) is 3.33. The van der Waals surface area contributed by atoms with Gasteiger partial charge in [-0.15, -0.1) is 0 Å². The summed E-state index contributed by atoms with van der Waals surface area (Å²) < 4.78 is 32.0. The third-order valence-electron chi connectivity index (χ3n) is 5.38. The summed E-state index contributed by atoms with van der Waals surface area (Å²) in [5.41, 5.74) is 2.23. The van der Waals surface area contributed by atoms with E-state index in [0.717, 1.165) is 5.56 Å². The Hall–Kier alpha value is -2.54. The second kappa shape index (κ2) is 6.51. The van der Waals surface area contributed by atoms with Crippen LogP contribution in [0.1, 0.15) is 25.8 Å². The number of nitrogens with zero attached hydrogens (tertiary/aromatic N) is 1. The number of amides is 1. The molecule has 4 rings (SSSR count). The van der Waals surface area contributed by atoms with Crippen molar-refractivity contribution >= 4 is 27.3 Å². The molecule has 0 unspecified atom stereocenters. The quantitative estimate of drug-likeness (QED) is 0.835. The Kier molecular flexibility index (Phi) is 4.38. The lowest BCUT2D eigenvalue weighted by Gasteiger charge is -2.23. The smallest absolute Gasteiger partial charge is 0.250 e. The number of rotatable bonds is 5. The summed E-state index contributed by atoms with van der Waals surface area (Å²) in [5, 5.41) is 2.78. The molecular weight excluding hydrogens is 376 g/mol. The van der Waals surface area contributed by atoms with E-state index >= 15 is 0 Å². The van der Waals surface area contributed by atoms with Crippen molar-refractivity contribution in [1.29, 1.82) is 0 Å². The highest BCUT2D eigenvalue weighted by Crippen LogP contribution is 2.58. The van der Waals surface area contributed by atoms with E-state index in [4.69, 9.17) is 4.74 Å². The molecule has 2 aromatic carbocycles. The van der Waals surface area contributed by atoms with E-state index < -0.39 is 20.7 Å². The number of benzene rings is 2. The van der Waals surface area contributed by atoms with Crippen LogP contribution in [0.15, 0.2) is 48.5 Å². The Morgan fingerprint density at radius 3 is 2.39 bits per heavy atom. The van der Waals surface area contributed by atoms with Gasteiger partial charge < -0.3 is 10.1 Å². The molecule has 6 nitrogen and oxygen atoms in total. The summed E-state index contributed by atoms with van der Waals surface area (Å²) in [7, 11) is -3.77. The maximum Gasteiger partial charge on any atom is 0.250 e. The normalized spacial score (nSPS) is 24.7. The largest absolute Gasteiger partial charge is 0.491 e. The first-order chi connectivity index (χ1) is 13.2. The summed E-state index contributed by atoms with van der Waals surface area (Å²) in [6, 6.07) is 14.3. The van der Waals surface area contributed by atoms with Crippen LogP contribution in [0.4, 0.5) is 11.4 Å². The molecule has 7 heteroatoms. The van der Waals surface area contributed by atoms with Gasteiger partial charge in [0.05, 0.1) is 11.8 Å². The zero-order chi connectivity index (χ0) is 20.1. The molecule has 0 spiro atoms. The van der Waals surface area contributed by atoms with Crippen LogP contribution >= 0.6 is 0 Å². The van der Waals surface area contributed by atoms with Crippen molar-refractivity contribution in [2.75, 3.05) is 16.2 Å². The summed E-state index contributed by atoms with van der Waals surface area (Å²) >= 11 is 0. The number of hydrogen-bond donors (Lipinski definition) is 1. The SMILES string of the molecule is Cc1ccc(N2C[C@H]3C[C@@]3(C(=O)Nc3ccc(OC(C)C)cc3)S2(=O)=O)cc1. The molecular formula is C21H24N2O4S. The number of aryl methyl sites for hydroxylation is 1. The topological polar surface area (TPSA) is 75.7 Å². The molecule has 1 heterocycles. The molecule has 1 aliphatic heterocycles. The fourth-order valence-corrected chi connectivity index (χ4v) is 6.17. The molecule has 0 bridgehead atoms. The van der Waals surface area contributed by atoms with Gasteiger partial charge >= 0.3 is 0 Å². The van der Waals surface area contributed by atoms with Gasteiger partial charge in [0.25, 0.3) is 0 Å². The second-order valence-electron chi connectivity index (χ2n) is 7.81. The lowest BCUT2D eigenvalue weighted by Crippen LogP contribution is -2.42. The minimum absolute atomic E-state index is 0.0583. The molecule has 2 aromatic rings. The summed E-state index contributed by atoms with van der Waals surface area (Å²) in [4.78, 5) is 12.9. The van der Waals surface area contributed by atoms with Crippen molar-refractivity contribution < 1.29 is 17.9 Å². The fourth-order valence-electron chi connectivity index (χ4n) is 3.81. The van der Waals surface area contributed by atoms with Crippen molar-refractivity contribution in [3.63, 3.8) is 0 Å². The minimum Gasteiger partial charge on any atom is -0.491 e. The molecule has 0 aromatic heterocycles. The van der Waals surface area contributed by atoms with E-state index in [0.29, 0.717) is 30.1 Å². The zero-order valence-electron chi connectivity index (χ0n) is 16.2. The van der Waals surface area contributed by atoms with Gasteiger partial charge in [0, 0.05) is 18.2 Å². The first-order valence-corrected chi connectivity index (χ1v) is 10.9. The Labute approximate surface area is 165 Å². The summed E-state index contributed by atoms with van der Waals surface area (Å²) in [6.45, 7) is 6.17. The van der Waals surface area contributed by atoms with Crippen molar-refractivity contribution in [2.24, 2.45) is 5.92 Å². The number of nitrogens with one attached hydrogen (secondary N) is 1. The van der Waals surface area contributed by atoms with Crippen LogP contribution in [0.3, 0.4) is 0 Å². The van der Waals surface area contributed by atoms with E-state index in [9.17, 15) is 13.2 Å². The van der Waals surface area contributed by atoms with E-state index in [-0.39, 0.29) is 12.0 Å². The van der Waals surface area contributed by atoms with Gasteiger partial charge in [-0.2, -0.15) is 0 Å². The van der Waals surface area contributed by atoms with Gasteiger partial charge in [-0.25, -0.2) is 8.42 Å². The average molecular weight is 401 g/mol. The Balaban J connectivity index is 1.53. The number of anilines is 2. The van der Waals surface area contributed by atoms with Crippen LogP contribution in [-0.4, -0.2) is 31.7 Å². The lowest BCUT2D eigenvalue weighted by molar-refractivity contribution is -0.116. The van der Waals surface area contributed by atoms with E-state index in [2.05, 4.69) is 5.32 Å².